The molecule has 0 aliphatic rings. The quantitative estimate of drug-likeness (QED) is 0.228. The fourth-order valence-electron chi connectivity index (χ4n) is 4.96. The lowest BCUT2D eigenvalue weighted by Gasteiger charge is -2.36. The summed E-state index contributed by atoms with van der Waals surface area (Å²) in [6.45, 7) is 2.28. The van der Waals surface area contributed by atoms with E-state index in [1.165, 1.54) is 40.3 Å². The van der Waals surface area contributed by atoms with Gasteiger partial charge in [0.15, 0.2) is 0 Å². The Morgan fingerprint density at radius 2 is 1.22 bits per heavy atom. The van der Waals surface area contributed by atoms with Crippen LogP contribution in [0.5, 0.6) is 0 Å². The average Bonchev–Trinajstić information content (AvgIpc) is 3.52. The minimum atomic E-state index is -0.424. The summed E-state index contributed by atoms with van der Waals surface area (Å²) in [7, 11) is 1.65. The van der Waals surface area contributed by atoms with Gasteiger partial charge in [0.2, 0.25) is 0 Å². The second-order valence-electron chi connectivity index (χ2n) is 9.10. The van der Waals surface area contributed by atoms with E-state index in [2.05, 4.69) is 146 Å². The van der Waals surface area contributed by atoms with Crippen molar-refractivity contribution >= 4 is 22.9 Å². The van der Waals surface area contributed by atoms with Crippen molar-refractivity contribution in [3.63, 3.8) is 0 Å². The van der Waals surface area contributed by atoms with Crippen LogP contribution in [0.1, 0.15) is 35.6 Å². The summed E-state index contributed by atoms with van der Waals surface area (Å²) < 4.78 is 2.32. The van der Waals surface area contributed by atoms with Crippen LogP contribution in [0.4, 0.5) is 0 Å². The maximum Gasteiger partial charge on any atom is 0.130 e. The number of nitrogens with zero attached hydrogens (tertiary/aromatic N) is 2. The molecule has 1 aromatic heterocycles. The highest BCUT2D eigenvalue weighted by atomic mass is 28.2. The van der Waals surface area contributed by atoms with E-state index in [1.807, 2.05) is 24.7 Å². The van der Waals surface area contributed by atoms with Gasteiger partial charge in [-0.1, -0.05) is 141 Å². The third-order valence-corrected chi connectivity index (χ3v) is 9.76. The van der Waals surface area contributed by atoms with Gasteiger partial charge >= 0.3 is 0 Å². The second-order valence-corrected chi connectivity index (χ2v) is 11.3. The molecule has 2 nitrogen and oxygen atoms in total. The third-order valence-electron chi connectivity index (χ3n) is 6.80. The van der Waals surface area contributed by atoms with Crippen LogP contribution >= 0.6 is 0 Å². The zero-order chi connectivity index (χ0) is 25.8. The number of imidazole rings is 1. The smallest absolute Gasteiger partial charge is 0.130 e. The molecule has 0 aliphatic carbocycles. The van der Waals surface area contributed by atoms with Gasteiger partial charge in [-0.05, 0) is 27.8 Å². The molecule has 0 amide bonds. The Hall–Kier alpha value is -3.89. The van der Waals surface area contributed by atoms with E-state index in [0.29, 0.717) is 0 Å². The molecule has 4 aromatic carbocycles. The largest absolute Gasteiger partial charge is 0.327 e. The Morgan fingerprint density at radius 3 is 1.59 bits per heavy atom. The molecule has 0 atom stereocenters. The molecule has 184 valence electrons. The predicted molar refractivity (Wildman–Crippen MR) is 163 cm³/mol. The summed E-state index contributed by atoms with van der Waals surface area (Å²) in [5.74, 6) is 2.16. The van der Waals surface area contributed by atoms with Gasteiger partial charge in [-0.25, -0.2) is 4.98 Å². The molecule has 37 heavy (non-hydrogen) atoms. The lowest BCUT2D eigenvalue weighted by Crippen LogP contribution is -2.41. The Balaban J connectivity index is 0.000000186. The lowest BCUT2D eigenvalue weighted by atomic mass is 9.92. The van der Waals surface area contributed by atoms with Crippen LogP contribution in [0.15, 0.2) is 146 Å². The van der Waals surface area contributed by atoms with Gasteiger partial charge in [-0.3, -0.25) is 0 Å². The fraction of sp³-hybridized carbons (Fsp3) is 0.121. The Kier molecular flexibility index (Phi) is 9.50. The SMILES string of the molecule is BC=C(c1ccccc1)c1ccccc1.CCC[SiH2]C(c1ccccc1)(c1ccccc1)n1ccnc1. The van der Waals surface area contributed by atoms with Gasteiger partial charge in [-0.15, -0.1) is 5.98 Å². The van der Waals surface area contributed by atoms with Crippen LogP contribution in [0.2, 0.25) is 6.04 Å². The maximum atomic E-state index is 4.33. The Morgan fingerprint density at radius 1 is 0.757 bits per heavy atom. The van der Waals surface area contributed by atoms with Crippen LogP contribution in [0.25, 0.3) is 5.57 Å². The number of benzene rings is 4. The highest BCUT2D eigenvalue weighted by molar-refractivity contribution is 6.41. The third kappa shape index (κ3) is 6.28. The molecule has 0 saturated heterocycles. The highest BCUT2D eigenvalue weighted by Gasteiger charge is 2.35. The van der Waals surface area contributed by atoms with Crippen molar-refractivity contribution in [2.75, 3.05) is 0 Å². The van der Waals surface area contributed by atoms with Crippen LogP contribution in [-0.2, 0) is 5.16 Å². The van der Waals surface area contributed by atoms with Gasteiger partial charge in [0.1, 0.15) is 7.85 Å². The van der Waals surface area contributed by atoms with Crippen LogP contribution in [0, 0.1) is 0 Å². The van der Waals surface area contributed by atoms with Gasteiger partial charge in [0.05, 0.1) is 21.0 Å². The van der Waals surface area contributed by atoms with Crippen LogP contribution in [-0.4, -0.2) is 26.9 Å². The fourth-order valence-corrected chi connectivity index (χ4v) is 7.32. The zero-order valence-electron chi connectivity index (χ0n) is 21.9. The van der Waals surface area contributed by atoms with Crippen molar-refractivity contribution in [2.24, 2.45) is 0 Å². The molecule has 0 radical (unpaired) electrons. The molecule has 0 aliphatic heterocycles. The topological polar surface area (TPSA) is 17.8 Å². The van der Waals surface area contributed by atoms with E-state index < -0.39 is 9.52 Å². The van der Waals surface area contributed by atoms with Gasteiger partial charge in [0, 0.05) is 12.4 Å². The summed E-state index contributed by atoms with van der Waals surface area (Å²) in [4.78, 5) is 4.33. The molecule has 0 bridgehead atoms. The lowest BCUT2D eigenvalue weighted by molar-refractivity contribution is 0.590. The molecule has 0 unspecified atom stereocenters. The molecule has 0 saturated carbocycles. The zero-order valence-corrected chi connectivity index (χ0v) is 23.3. The number of rotatable bonds is 8. The minimum absolute atomic E-state index is 0.0466. The van der Waals surface area contributed by atoms with E-state index in [9.17, 15) is 0 Å². The molecule has 0 fully saturated rings. The summed E-state index contributed by atoms with van der Waals surface area (Å²) >= 11 is 0. The second kappa shape index (κ2) is 13.4. The molecule has 1 heterocycles. The number of aromatic nitrogens is 2. The summed E-state index contributed by atoms with van der Waals surface area (Å²) in [5.41, 5.74) is 6.58. The standard InChI is InChI=1S/C19H22N2Si.C14H13B/c1-2-15-22-19(21-14-13-20-16-21,17-9-5-3-6-10-17)18-11-7-4-8-12-18;15-11-14(12-7-3-1-4-8-12)13-9-5-2-6-10-13/h3-14,16H,2,15,22H2,1H3;1-11H,15H2. The Labute approximate surface area is 225 Å². The predicted octanol–water partition coefficient (Wildman–Crippen LogP) is 6.34. The molecular weight excluding hydrogens is 463 g/mol. The minimum Gasteiger partial charge on any atom is -0.327 e. The summed E-state index contributed by atoms with van der Waals surface area (Å²) in [5, 5.41) is -0.0466. The van der Waals surface area contributed by atoms with E-state index in [-0.39, 0.29) is 5.16 Å². The number of hydrogen-bond donors (Lipinski definition) is 0. The van der Waals surface area contributed by atoms with E-state index in [1.54, 1.807) is 0 Å². The van der Waals surface area contributed by atoms with E-state index >= 15 is 0 Å². The van der Waals surface area contributed by atoms with E-state index in [4.69, 9.17) is 0 Å². The first kappa shape index (κ1) is 26.2. The molecule has 0 N–H and O–H groups in total. The van der Waals surface area contributed by atoms with Crippen molar-refractivity contribution in [1.82, 2.24) is 9.55 Å². The van der Waals surface area contributed by atoms with Crippen molar-refractivity contribution in [1.29, 1.82) is 0 Å². The highest BCUT2D eigenvalue weighted by Crippen LogP contribution is 2.34. The first-order valence-corrected chi connectivity index (χ1v) is 14.9. The summed E-state index contributed by atoms with van der Waals surface area (Å²) in [6, 6.07) is 44.0. The molecule has 5 aromatic rings. The first-order chi connectivity index (χ1) is 18.3. The van der Waals surface area contributed by atoms with Crippen LogP contribution < -0.4 is 0 Å². The van der Waals surface area contributed by atoms with Crippen molar-refractivity contribution in [3.05, 3.63) is 168 Å². The molecule has 0 spiro atoms. The molecule has 4 heteroatoms. The van der Waals surface area contributed by atoms with Crippen LogP contribution in [0.3, 0.4) is 0 Å². The average molecular weight is 499 g/mol. The normalized spacial score (nSPS) is 11.1. The summed E-state index contributed by atoms with van der Waals surface area (Å²) in [6.07, 6.45) is 7.22. The monoisotopic (exact) mass is 498 g/mol. The van der Waals surface area contributed by atoms with E-state index in [0.717, 1.165) is 0 Å². The van der Waals surface area contributed by atoms with Gasteiger partial charge in [-0.2, -0.15) is 0 Å². The van der Waals surface area contributed by atoms with Crippen molar-refractivity contribution < 1.29 is 0 Å². The maximum absolute atomic E-state index is 4.33. The van der Waals surface area contributed by atoms with Crippen molar-refractivity contribution in [2.45, 2.75) is 24.6 Å². The molecular formula is C33H35BN2Si. The Bertz CT molecular complexity index is 1260. The first-order valence-electron chi connectivity index (χ1n) is 13.2. The van der Waals surface area contributed by atoms with Crippen molar-refractivity contribution in [3.8, 4) is 0 Å². The number of hydrogen-bond acceptors (Lipinski definition) is 1. The van der Waals surface area contributed by atoms with Gasteiger partial charge in [0.25, 0.3) is 0 Å². The molecule has 5 rings (SSSR count). The van der Waals surface area contributed by atoms with Gasteiger partial charge < -0.3 is 4.57 Å².